The first-order chi connectivity index (χ1) is 14.8. The van der Waals surface area contributed by atoms with E-state index in [0.717, 1.165) is 43.7 Å². The summed E-state index contributed by atoms with van der Waals surface area (Å²) in [6.07, 6.45) is 11.0. The van der Waals surface area contributed by atoms with Gasteiger partial charge in [-0.1, -0.05) is 24.6 Å². The second-order valence-electron chi connectivity index (χ2n) is 10.6. The summed E-state index contributed by atoms with van der Waals surface area (Å²) in [6.45, 7) is 4.79. The summed E-state index contributed by atoms with van der Waals surface area (Å²) in [5, 5.41) is 25.8. The number of hydrogen-bond acceptors (Lipinski definition) is 5. The molecule has 4 aliphatic rings. The van der Waals surface area contributed by atoms with Crippen LogP contribution in [0.15, 0.2) is 41.1 Å². The molecule has 3 saturated carbocycles. The average molecular weight is 425 g/mol. The van der Waals surface area contributed by atoms with Gasteiger partial charge in [0.15, 0.2) is 5.75 Å². The number of rotatable bonds is 3. The van der Waals surface area contributed by atoms with Gasteiger partial charge < -0.3 is 9.94 Å². The molecule has 0 bridgehead atoms. The van der Waals surface area contributed by atoms with Crippen molar-refractivity contribution in [1.82, 2.24) is 0 Å². The maximum Gasteiger partial charge on any atom is 0.269 e. The monoisotopic (exact) mass is 424 g/mol. The SMILES string of the molecule is C[C@]12CC[C@H]3[C@@H](CCC4=C/C(=N/Oc5ccc([N+](=O)[O-])cc5)CC[C@@]43C)[C@@H]1CC[C@@H]2O. The van der Waals surface area contributed by atoms with E-state index in [4.69, 9.17) is 4.84 Å². The minimum absolute atomic E-state index is 0.0469. The van der Waals surface area contributed by atoms with Crippen LogP contribution in [0.4, 0.5) is 5.69 Å². The Balaban J connectivity index is 1.33. The second kappa shape index (κ2) is 7.44. The number of fused-ring (bicyclic) bond motifs is 5. The number of allylic oxidation sites excluding steroid dienone is 2. The van der Waals surface area contributed by atoms with E-state index in [9.17, 15) is 15.2 Å². The lowest BCUT2D eigenvalue weighted by atomic mass is 9.47. The van der Waals surface area contributed by atoms with Crippen molar-refractivity contribution in [3.63, 3.8) is 0 Å². The molecule has 0 radical (unpaired) electrons. The number of aliphatic hydroxyl groups is 1. The number of aliphatic hydroxyl groups excluding tert-OH is 1. The van der Waals surface area contributed by atoms with Crippen LogP contribution in [0.3, 0.4) is 0 Å². The molecule has 0 aliphatic heterocycles. The van der Waals surface area contributed by atoms with E-state index in [2.05, 4.69) is 25.1 Å². The molecule has 6 atom stereocenters. The molecule has 3 fully saturated rings. The molecule has 4 aliphatic carbocycles. The lowest BCUT2D eigenvalue weighted by Crippen LogP contribution is -2.51. The molecule has 1 aromatic carbocycles. The first-order valence-corrected chi connectivity index (χ1v) is 11.7. The highest BCUT2D eigenvalue weighted by atomic mass is 16.6. The summed E-state index contributed by atoms with van der Waals surface area (Å²) in [7, 11) is 0. The van der Waals surface area contributed by atoms with E-state index < -0.39 is 4.92 Å². The molecule has 166 valence electrons. The van der Waals surface area contributed by atoms with Crippen LogP contribution in [-0.4, -0.2) is 21.8 Å². The second-order valence-corrected chi connectivity index (χ2v) is 10.6. The van der Waals surface area contributed by atoms with Crippen LogP contribution in [0.25, 0.3) is 0 Å². The van der Waals surface area contributed by atoms with Crippen LogP contribution < -0.4 is 4.84 Å². The van der Waals surface area contributed by atoms with E-state index >= 15 is 0 Å². The maximum absolute atomic E-state index is 10.8. The van der Waals surface area contributed by atoms with Crippen molar-refractivity contribution >= 4 is 11.4 Å². The Hall–Kier alpha value is -2.21. The molecule has 0 aromatic heterocycles. The molecule has 0 saturated heterocycles. The Morgan fingerprint density at radius 2 is 1.84 bits per heavy atom. The molecule has 0 amide bonds. The molecule has 6 nitrogen and oxygen atoms in total. The van der Waals surface area contributed by atoms with Crippen LogP contribution in [0, 0.1) is 38.7 Å². The highest BCUT2D eigenvalue weighted by Crippen LogP contribution is 2.65. The highest BCUT2D eigenvalue weighted by Gasteiger charge is 2.58. The van der Waals surface area contributed by atoms with Gasteiger partial charge in [-0.25, -0.2) is 0 Å². The zero-order chi connectivity index (χ0) is 21.8. The van der Waals surface area contributed by atoms with Crippen molar-refractivity contribution in [3.8, 4) is 5.75 Å². The van der Waals surface area contributed by atoms with Crippen molar-refractivity contribution < 1.29 is 14.9 Å². The molecule has 0 spiro atoms. The lowest BCUT2D eigenvalue weighted by Gasteiger charge is -2.57. The fourth-order valence-electron chi connectivity index (χ4n) is 7.36. The van der Waals surface area contributed by atoms with E-state index in [1.807, 2.05) is 0 Å². The third-order valence-corrected chi connectivity index (χ3v) is 9.24. The van der Waals surface area contributed by atoms with Gasteiger partial charge in [-0.2, -0.15) is 0 Å². The van der Waals surface area contributed by atoms with Gasteiger partial charge in [0.05, 0.1) is 16.7 Å². The van der Waals surface area contributed by atoms with Crippen LogP contribution in [-0.2, 0) is 0 Å². The molecular weight excluding hydrogens is 392 g/mol. The zero-order valence-electron chi connectivity index (χ0n) is 18.4. The number of oxime groups is 1. The topological polar surface area (TPSA) is 85.0 Å². The zero-order valence-corrected chi connectivity index (χ0v) is 18.4. The van der Waals surface area contributed by atoms with Gasteiger partial charge in [-0.05, 0) is 98.2 Å². The predicted molar refractivity (Wildman–Crippen MR) is 119 cm³/mol. The summed E-state index contributed by atoms with van der Waals surface area (Å²) < 4.78 is 0. The van der Waals surface area contributed by atoms with Gasteiger partial charge in [0.2, 0.25) is 0 Å². The van der Waals surface area contributed by atoms with Crippen molar-refractivity contribution in [3.05, 3.63) is 46.0 Å². The van der Waals surface area contributed by atoms with Crippen LogP contribution in [0.5, 0.6) is 5.75 Å². The van der Waals surface area contributed by atoms with Crippen LogP contribution >= 0.6 is 0 Å². The maximum atomic E-state index is 10.8. The quantitative estimate of drug-likeness (QED) is 0.502. The van der Waals surface area contributed by atoms with Gasteiger partial charge in [-0.3, -0.25) is 10.1 Å². The third kappa shape index (κ3) is 3.30. The Bertz CT molecular complexity index is 939. The number of non-ortho nitro benzene ring substituents is 1. The Kier molecular flexibility index (Phi) is 4.96. The average Bonchev–Trinajstić information content (AvgIpc) is 3.07. The summed E-state index contributed by atoms with van der Waals surface area (Å²) in [4.78, 5) is 15.9. The number of hydrogen-bond donors (Lipinski definition) is 1. The fraction of sp³-hybridized carbons (Fsp3) is 0.640. The number of nitro groups is 1. The van der Waals surface area contributed by atoms with Gasteiger partial charge in [0.25, 0.3) is 5.69 Å². The minimum atomic E-state index is -0.418. The van der Waals surface area contributed by atoms with E-state index in [1.165, 1.54) is 37.0 Å². The largest absolute Gasteiger partial charge is 0.393 e. The minimum Gasteiger partial charge on any atom is -0.393 e. The van der Waals surface area contributed by atoms with Crippen LogP contribution in [0.1, 0.15) is 65.2 Å². The van der Waals surface area contributed by atoms with Crippen LogP contribution in [0.2, 0.25) is 0 Å². The first kappa shape index (κ1) is 20.7. The lowest BCUT2D eigenvalue weighted by molar-refractivity contribution is -0.384. The van der Waals surface area contributed by atoms with Crippen molar-refractivity contribution in [1.29, 1.82) is 0 Å². The molecule has 31 heavy (non-hydrogen) atoms. The Morgan fingerprint density at radius 1 is 1.06 bits per heavy atom. The van der Waals surface area contributed by atoms with Gasteiger partial charge in [0.1, 0.15) is 0 Å². The number of nitro benzene ring substituents is 1. The summed E-state index contributed by atoms with van der Waals surface area (Å²) in [5.74, 6) is 2.61. The van der Waals surface area contributed by atoms with Crippen molar-refractivity contribution in [2.75, 3.05) is 0 Å². The summed E-state index contributed by atoms with van der Waals surface area (Å²) in [5.41, 5.74) is 2.86. The molecule has 5 rings (SSSR count). The molecule has 0 unspecified atom stereocenters. The molecule has 1 aromatic rings. The fourth-order valence-corrected chi connectivity index (χ4v) is 7.36. The molecule has 0 heterocycles. The van der Waals surface area contributed by atoms with Crippen molar-refractivity contribution in [2.45, 2.75) is 71.3 Å². The first-order valence-electron chi connectivity index (χ1n) is 11.7. The molecule has 6 heteroatoms. The molecule has 1 N–H and O–H groups in total. The highest BCUT2D eigenvalue weighted by molar-refractivity contribution is 5.96. The molecular formula is C25H32N2O4. The normalized spacial score (nSPS) is 40.5. The van der Waals surface area contributed by atoms with Gasteiger partial charge in [0, 0.05) is 12.1 Å². The predicted octanol–water partition coefficient (Wildman–Crippen LogP) is 5.65. The standard InChI is InChI=1S/C25H32N2O4/c1-24-13-11-17(26-31-19-6-4-18(5-7-19)27(29)30)15-16(24)3-8-20-21-9-10-23(28)25(21,2)14-12-22(20)24/h4-7,15,20-23,28H,3,8-14H2,1-2H3/b26-17+/t20-,21-,22-,23-,24-,25-/m0/s1. The smallest absolute Gasteiger partial charge is 0.269 e. The summed E-state index contributed by atoms with van der Waals surface area (Å²) >= 11 is 0. The summed E-state index contributed by atoms with van der Waals surface area (Å²) in [6, 6.07) is 6.04. The third-order valence-electron chi connectivity index (χ3n) is 9.24. The van der Waals surface area contributed by atoms with Gasteiger partial charge in [-0.15, -0.1) is 0 Å². The number of nitrogens with zero attached hydrogens (tertiary/aromatic N) is 2. The number of benzene rings is 1. The Morgan fingerprint density at radius 3 is 2.58 bits per heavy atom. The van der Waals surface area contributed by atoms with E-state index in [0.29, 0.717) is 17.6 Å². The van der Waals surface area contributed by atoms with Gasteiger partial charge >= 0.3 is 0 Å². The van der Waals surface area contributed by atoms with Crippen molar-refractivity contribution in [2.24, 2.45) is 33.7 Å². The van der Waals surface area contributed by atoms with E-state index in [1.54, 1.807) is 12.1 Å². The Labute approximate surface area is 183 Å². The van der Waals surface area contributed by atoms with E-state index in [-0.39, 0.29) is 22.6 Å².